The van der Waals surface area contributed by atoms with Crippen LogP contribution in [-0.2, 0) is 0 Å². The second kappa shape index (κ2) is 5.37. The van der Waals surface area contributed by atoms with Crippen molar-refractivity contribution in [3.8, 4) is 0 Å². The van der Waals surface area contributed by atoms with E-state index in [-0.39, 0.29) is 5.48 Å². The average Bonchev–Trinajstić information content (AvgIpc) is 1.98. The summed E-state index contributed by atoms with van der Waals surface area (Å²) >= 11 is 0. The predicted octanol–water partition coefficient (Wildman–Crippen LogP) is 0.0490. The molecule has 0 saturated heterocycles. The summed E-state index contributed by atoms with van der Waals surface area (Å²) in [6.07, 6.45) is -19.2. The third kappa shape index (κ3) is 4.11. The number of aliphatic hydroxyl groups is 2. The van der Waals surface area contributed by atoms with Crippen molar-refractivity contribution in [3.05, 3.63) is 0 Å². The highest BCUT2D eigenvalue weighted by Crippen LogP contribution is 2.26. The van der Waals surface area contributed by atoms with E-state index in [1.807, 2.05) is 0 Å². The molecule has 4 N–H and O–H groups in total. The van der Waals surface area contributed by atoms with E-state index in [2.05, 4.69) is 0 Å². The fourth-order valence-corrected chi connectivity index (χ4v) is 0.506. The molecular formula is C5H8F6O3. The first-order valence-electron chi connectivity index (χ1n) is 3.03. The van der Waals surface area contributed by atoms with Gasteiger partial charge in [0, 0.05) is 0 Å². The number of hydrogen-bond donors (Lipinski definition) is 2. The molecule has 0 aliphatic heterocycles. The number of halogens is 6. The van der Waals surface area contributed by atoms with Crippen LogP contribution in [0.25, 0.3) is 0 Å². The van der Waals surface area contributed by atoms with Gasteiger partial charge in [-0.2, -0.15) is 13.2 Å². The molecule has 0 aromatic carbocycles. The third-order valence-corrected chi connectivity index (χ3v) is 1.22. The van der Waals surface area contributed by atoms with E-state index in [1.165, 1.54) is 0 Å². The number of alkyl halides is 6. The number of rotatable bonds is 3. The average molecular weight is 230 g/mol. The zero-order chi connectivity index (χ0) is 10.8. The molecule has 0 rings (SSSR count). The molecule has 9 heteroatoms. The van der Waals surface area contributed by atoms with Crippen LogP contribution in [0.2, 0.25) is 0 Å². The van der Waals surface area contributed by atoms with Gasteiger partial charge in [-0.15, -0.1) is 0 Å². The Morgan fingerprint density at radius 1 is 0.929 bits per heavy atom. The van der Waals surface area contributed by atoms with Gasteiger partial charge in [0.25, 0.3) is 6.43 Å². The lowest BCUT2D eigenvalue weighted by molar-refractivity contribution is -0.236. The van der Waals surface area contributed by atoms with Gasteiger partial charge in [-0.05, 0) is 0 Å². The van der Waals surface area contributed by atoms with E-state index >= 15 is 0 Å². The molecule has 3 atom stereocenters. The summed E-state index contributed by atoms with van der Waals surface area (Å²) in [6, 6.07) is 0. The van der Waals surface area contributed by atoms with Crippen LogP contribution in [0.1, 0.15) is 0 Å². The first-order chi connectivity index (χ1) is 5.68. The zero-order valence-electron chi connectivity index (χ0n) is 6.47. The number of hydrogen-bond acceptors (Lipinski definition) is 2. The van der Waals surface area contributed by atoms with Crippen LogP contribution in [0.15, 0.2) is 0 Å². The van der Waals surface area contributed by atoms with Crippen LogP contribution < -0.4 is 0 Å². The second-order valence-electron chi connectivity index (χ2n) is 2.26. The molecule has 14 heavy (non-hydrogen) atoms. The van der Waals surface area contributed by atoms with Crippen LogP contribution in [-0.4, -0.2) is 46.7 Å². The molecule has 3 nitrogen and oxygen atoms in total. The Bertz CT molecular complexity index is 160. The van der Waals surface area contributed by atoms with Crippen molar-refractivity contribution >= 4 is 0 Å². The fraction of sp³-hybridized carbons (Fsp3) is 1.00. The van der Waals surface area contributed by atoms with E-state index in [9.17, 15) is 26.3 Å². The van der Waals surface area contributed by atoms with Crippen LogP contribution in [0.4, 0.5) is 26.3 Å². The van der Waals surface area contributed by atoms with E-state index < -0.39 is 31.0 Å². The van der Waals surface area contributed by atoms with E-state index in [1.54, 1.807) is 0 Å². The van der Waals surface area contributed by atoms with Crippen molar-refractivity contribution in [3.63, 3.8) is 0 Å². The monoisotopic (exact) mass is 230 g/mol. The molecule has 0 amide bonds. The standard InChI is InChI=1S/C5H6F6O2.H2O/c6-1(2(12)4(7)8)3(13)5(9,10)11;/h1-4,12-13H;1H2. The molecule has 0 fully saturated rings. The third-order valence-electron chi connectivity index (χ3n) is 1.22. The van der Waals surface area contributed by atoms with Crippen molar-refractivity contribution in [2.45, 2.75) is 31.0 Å². The molecule has 0 aromatic heterocycles. The summed E-state index contributed by atoms with van der Waals surface area (Å²) in [4.78, 5) is 0. The molecule has 0 spiro atoms. The Morgan fingerprint density at radius 2 is 1.29 bits per heavy atom. The van der Waals surface area contributed by atoms with Gasteiger partial charge in [-0.3, -0.25) is 0 Å². The minimum absolute atomic E-state index is 0. The minimum atomic E-state index is -5.37. The van der Waals surface area contributed by atoms with Crippen LogP contribution in [0, 0.1) is 0 Å². The predicted molar refractivity (Wildman–Crippen MR) is 32.6 cm³/mol. The molecule has 0 heterocycles. The van der Waals surface area contributed by atoms with Gasteiger partial charge in [-0.1, -0.05) is 0 Å². The van der Waals surface area contributed by atoms with Crippen LogP contribution in [0.5, 0.6) is 0 Å². The van der Waals surface area contributed by atoms with Crippen LogP contribution in [0.3, 0.4) is 0 Å². The molecular weight excluding hydrogens is 222 g/mol. The highest BCUT2D eigenvalue weighted by molar-refractivity contribution is 4.82. The topological polar surface area (TPSA) is 72.0 Å². The molecule has 88 valence electrons. The van der Waals surface area contributed by atoms with E-state index in [0.29, 0.717) is 0 Å². The summed E-state index contributed by atoms with van der Waals surface area (Å²) in [5.74, 6) is 0. The maximum absolute atomic E-state index is 12.2. The Balaban J connectivity index is 0. The quantitative estimate of drug-likeness (QED) is 0.672. The summed E-state index contributed by atoms with van der Waals surface area (Å²) < 4.78 is 69.6. The van der Waals surface area contributed by atoms with Crippen molar-refractivity contribution in [1.29, 1.82) is 0 Å². The molecule has 0 aliphatic rings. The highest BCUT2D eigenvalue weighted by Gasteiger charge is 2.48. The minimum Gasteiger partial charge on any atom is -0.412 e. The van der Waals surface area contributed by atoms with Gasteiger partial charge in [0.2, 0.25) is 0 Å². The van der Waals surface area contributed by atoms with Gasteiger partial charge in [-0.25, -0.2) is 13.2 Å². The van der Waals surface area contributed by atoms with Crippen molar-refractivity contribution < 1.29 is 42.0 Å². The summed E-state index contributed by atoms with van der Waals surface area (Å²) in [7, 11) is 0. The normalized spacial score (nSPS) is 18.6. The van der Waals surface area contributed by atoms with Gasteiger partial charge >= 0.3 is 6.18 Å². The second-order valence-corrected chi connectivity index (χ2v) is 2.26. The summed E-state index contributed by atoms with van der Waals surface area (Å²) in [6.45, 7) is 0. The Morgan fingerprint density at radius 3 is 1.50 bits per heavy atom. The lowest BCUT2D eigenvalue weighted by Crippen LogP contribution is -2.46. The van der Waals surface area contributed by atoms with E-state index in [0.717, 1.165) is 0 Å². The lowest BCUT2D eigenvalue weighted by Gasteiger charge is -2.21. The van der Waals surface area contributed by atoms with Gasteiger partial charge < -0.3 is 15.7 Å². The molecule has 0 aromatic rings. The summed E-state index contributed by atoms with van der Waals surface area (Å²) in [5, 5.41) is 16.2. The fourth-order valence-electron chi connectivity index (χ4n) is 0.506. The lowest BCUT2D eigenvalue weighted by atomic mass is 10.1. The SMILES string of the molecule is O.OC(C(F)F)C(F)C(O)C(F)(F)F. The first kappa shape index (κ1) is 15.9. The maximum Gasteiger partial charge on any atom is 0.417 e. The van der Waals surface area contributed by atoms with Crippen molar-refractivity contribution in [2.24, 2.45) is 0 Å². The number of aliphatic hydroxyl groups excluding tert-OH is 2. The summed E-state index contributed by atoms with van der Waals surface area (Å²) in [5.41, 5.74) is 0. The maximum atomic E-state index is 12.2. The molecule has 0 aliphatic carbocycles. The van der Waals surface area contributed by atoms with Crippen molar-refractivity contribution in [1.82, 2.24) is 0 Å². The molecule has 3 unspecified atom stereocenters. The Kier molecular flexibility index (Phi) is 6.10. The van der Waals surface area contributed by atoms with Gasteiger partial charge in [0.05, 0.1) is 0 Å². The Hall–Kier alpha value is -0.540. The first-order valence-corrected chi connectivity index (χ1v) is 3.03. The molecule has 0 radical (unpaired) electrons. The largest absolute Gasteiger partial charge is 0.417 e. The van der Waals surface area contributed by atoms with Gasteiger partial charge in [0.1, 0.15) is 6.10 Å². The van der Waals surface area contributed by atoms with Crippen LogP contribution >= 0.6 is 0 Å². The molecule has 0 bridgehead atoms. The molecule has 0 saturated carbocycles. The van der Waals surface area contributed by atoms with Crippen molar-refractivity contribution in [2.75, 3.05) is 0 Å². The van der Waals surface area contributed by atoms with E-state index in [4.69, 9.17) is 10.2 Å². The Labute approximate surface area is 74.3 Å². The zero-order valence-corrected chi connectivity index (χ0v) is 6.47. The smallest absolute Gasteiger partial charge is 0.412 e. The highest BCUT2D eigenvalue weighted by atomic mass is 19.4. The van der Waals surface area contributed by atoms with Gasteiger partial charge in [0.15, 0.2) is 12.3 Å².